The molecule has 0 saturated heterocycles. The Balaban J connectivity index is 2.87. The van der Waals surface area contributed by atoms with Gasteiger partial charge in [-0.1, -0.05) is 41.5 Å². The van der Waals surface area contributed by atoms with Gasteiger partial charge in [0.25, 0.3) is 0 Å². The summed E-state index contributed by atoms with van der Waals surface area (Å²) in [5, 5.41) is 0. The average Bonchev–Trinajstić information content (AvgIpc) is 2.57. The lowest BCUT2D eigenvalue weighted by Crippen LogP contribution is -2.47. The Bertz CT molecular complexity index is 327. The highest BCUT2D eigenvalue weighted by Crippen LogP contribution is 2.42. The molecule has 0 amide bonds. The molecule has 0 radical (unpaired) electrons. The summed E-state index contributed by atoms with van der Waals surface area (Å²) in [6.07, 6.45) is 6.36. The molecule has 1 rings (SSSR count). The second kappa shape index (κ2) is 8.98. The van der Waals surface area contributed by atoms with E-state index in [4.69, 9.17) is 19.6 Å². The van der Waals surface area contributed by atoms with Gasteiger partial charge in [0.05, 0.1) is 0 Å². The second-order valence-electron chi connectivity index (χ2n) is 8.41. The third-order valence-electron chi connectivity index (χ3n) is 5.90. The zero-order valence-corrected chi connectivity index (χ0v) is 17.2. The molecule has 4 heteroatoms. The van der Waals surface area contributed by atoms with Gasteiger partial charge in [0.15, 0.2) is 0 Å². The molecule has 0 bridgehead atoms. The largest absolute Gasteiger partial charge is 0.234 e. The van der Waals surface area contributed by atoms with Crippen molar-refractivity contribution in [2.45, 2.75) is 117 Å². The monoisotopic (exact) mass is 344 g/mol. The summed E-state index contributed by atoms with van der Waals surface area (Å²) < 4.78 is 0. The summed E-state index contributed by atoms with van der Waals surface area (Å²) >= 11 is 0. The molecule has 144 valence electrons. The standard InChI is InChI=1S/C20H40O4/c1-9-18(7,10-2)21-23-20(14-16(5)13-17(6)15-20)24-22-19(8,11-3)12-4/h16-17H,9-15H2,1-8H3. The van der Waals surface area contributed by atoms with Crippen molar-refractivity contribution in [2.24, 2.45) is 11.8 Å². The number of hydrogen-bond acceptors (Lipinski definition) is 4. The van der Waals surface area contributed by atoms with Crippen LogP contribution in [0.25, 0.3) is 0 Å². The fourth-order valence-electron chi connectivity index (χ4n) is 3.24. The maximum atomic E-state index is 6.00. The molecule has 1 aliphatic rings. The molecule has 0 aliphatic heterocycles. The quantitative estimate of drug-likeness (QED) is 0.269. The molecule has 1 aliphatic carbocycles. The van der Waals surface area contributed by atoms with Gasteiger partial charge in [-0.3, -0.25) is 0 Å². The van der Waals surface area contributed by atoms with Gasteiger partial charge >= 0.3 is 0 Å². The topological polar surface area (TPSA) is 36.9 Å². The highest BCUT2D eigenvalue weighted by molar-refractivity contribution is 4.82. The van der Waals surface area contributed by atoms with Crippen molar-refractivity contribution in [3.8, 4) is 0 Å². The van der Waals surface area contributed by atoms with Crippen molar-refractivity contribution >= 4 is 0 Å². The van der Waals surface area contributed by atoms with E-state index in [1.807, 2.05) is 0 Å². The molecule has 2 unspecified atom stereocenters. The average molecular weight is 345 g/mol. The van der Waals surface area contributed by atoms with Gasteiger partial charge in [0, 0.05) is 12.8 Å². The van der Waals surface area contributed by atoms with Crippen molar-refractivity contribution in [1.29, 1.82) is 0 Å². The van der Waals surface area contributed by atoms with Crippen molar-refractivity contribution < 1.29 is 19.6 Å². The zero-order chi connectivity index (χ0) is 18.4. The predicted molar refractivity (Wildman–Crippen MR) is 97.2 cm³/mol. The Morgan fingerprint density at radius 2 is 1.08 bits per heavy atom. The number of rotatable bonds is 10. The van der Waals surface area contributed by atoms with Crippen LogP contribution in [0, 0.1) is 11.8 Å². The third kappa shape index (κ3) is 5.98. The van der Waals surface area contributed by atoms with Gasteiger partial charge in [0.2, 0.25) is 5.79 Å². The van der Waals surface area contributed by atoms with Crippen LogP contribution < -0.4 is 0 Å². The van der Waals surface area contributed by atoms with Gasteiger partial charge in [-0.2, -0.15) is 9.78 Å². The molecule has 1 fully saturated rings. The minimum absolute atomic E-state index is 0.293. The van der Waals surface area contributed by atoms with E-state index in [-0.39, 0.29) is 11.2 Å². The third-order valence-corrected chi connectivity index (χ3v) is 5.90. The van der Waals surface area contributed by atoms with E-state index < -0.39 is 5.79 Å². The SMILES string of the molecule is CCC(C)(CC)OOC1(OOC(C)(CC)CC)CC(C)CC(C)C1. The van der Waals surface area contributed by atoms with Gasteiger partial charge < -0.3 is 0 Å². The molecule has 0 N–H and O–H groups in total. The van der Waals surface area contributed by atoms with E-state index >= 15 is 0 Å². The Hall–Kier alpha value is -0.160. The molecular formula is C20H40O4. The fraction of sp³-hybridized carbons (Fsp3) is 1.00. The van der Waals surface area contributed by atoms with Crippen LogP contribution in [0.15, 0.2) is 0 Å². The zero-order valence-electron chi connectivity index (χ0n) is 17.2. The van der Waals surface area contributed by atoms with Gasteiger partial charge in [-0.15, -0.1) is 0 Å². The molecule has 0 aromatic carbocycles. The van der Waals surface area contributed by atoms with Crippen molar-refractivity contribution in [3.63, 3.8) is 0 Å². The number of hydrogen-bond donors (Lipinski definition) is 0. The molecule has 1 saturated carbocycles. The van der Waals surface area contributed by atoms with Crippen LogP contribution in [0.1, 0.15) is 100 Å². The van der Waals surface area contributed by atoms with E-state index in [2.05, 4.69) is 55.4 Å². The molecule has 0 aromatic rings. The van der Waals surface area contributed by atoms with E-state index in [1.54, 1.807) is 0 Å². The second-order valence-corrected chi connectivity index (χ2v) is 8.41. The van der Waals surface area contributed by atoms with Crippen LogP contribution in [-0.2, 0) is 19.6 Å². The highest BCUT2D eigenvalue weighted by Gasteiger charge is 2.45. The first kappa shape index (κ1) is 21.9. The van der Waals surface area contributed by atoms with E-state index in [0.717, 1.165) is 38.5 Å². The smallest absolute Gasteiger partial charge is 0.227 e. The van der Waals surface area contributed by atoms with E-state index in [0.29, 0.717) is 11.8 Å². The molecule has 2 atom stereocenters. The Labute approximate surface area is 149 Å². The predicted octanol–water partition coefficient (Wildman–Crippen LogP) is 6.19. The minimum Gasteiger partial charge on any atom is -0.227 e. The normalized spacial score (nSPS) is 25.0. The van der Waals surface area contributed by atoms with Crippen LogP contribution in [0.3, 0.4) is 0 Å². The first-order valence-corrected chi connectivity index (χ1v) is 9.89. The van der Waals surface area contributed by atoms with Crippen LogP contribution in [-0.4, -0.2) is 17.0 Å². The summed E-state index contributed by atoms with van der Waals surface area (Å²) in [6.45, 7) is 17.1. The fourth-order valence-corrected chi connectivity index (χ4v) is 3.24. The van der Waals surface area contributed by atoms with Crippen molar-refractivity contribution in [1.82, 2.24) is 0 Å². The van der Waals surface area contributed by atoms with Crippen LogP contribution in [0.4, 0.5) is 0 Å². The van der Waals surface area contributed by atoms with Crippen molar-refractivity contribution in [2.75, 3.05) is 0 Å². The molecule has 4 nitrogen and oxygen atoms in total. The highest BCUT2D eigenvalue weighted by atomic mass is 17.3. The summed E-state index contributed by atoms with van der Waals surface area (Å²) in [4.78, 5) is 23.8. The molecule has 0 heterocycles. The van der Waals surface area contributed by atoms with Gasteiger partial charge in [-0.05, 0) is 57.8 Å². The van der Waals surface area contributed by atoms with Gasteiger partial charge in [-0.25, -0.2) is 9.78 Å². The minimum atomic E-state index is -0.811. The van der Waals surface area contributed by atoms with E-state index in [1.165, 1.54) is 6.42 Å². The summed E-state index contributed by atoms with van der Waals surface area (Å²) in [6, 6.07) is 0. The maximum Gasteiger partial charge on any atom is 0.234 e. The first-order chi connectivity index (χ1) is 11.2. The lowest BCUT2D eigenvalue weighted by molar-refractivity contribution is -0.553. The lowest BCUT2D eigenvalue weighted by Gasteiger charge is -2.43. The van der Waals surface area contributed by atoms with Crippen LogP contribution >= 0.6 is 0 Å². The Morgan fingerprint density at radius 3 is 1.38 bits per heavy atom. The summed E-state index contributed by atoms with van der Waals surface area (Å²) in [5.74, 6) is 0.226. The molecule has 0 spiro atoms. The first-order valence-electron chi connectivity index (χ1n) is 9.89. The maximum absolute atomic E-state index is 6.00. The Morgan fingerprint density at radius 1 is 0.750 bits per heavy atom. The van der Waals surface area contributed by atoms with Crippen LogP contribution in [0.5, 0.6) is 0 Å². The Kier molecular flexibility index (Phi) is 8.18. The van der Waals surface area contributed by atoms with Gasteiger partial charge in [0.1, 0.15) is 11.2 Å². The molecular weight excluding hydrogens is 304 g/mol. The molecule has 0 aromatic heterocycles. The van der Waals surface area contributed by atoms with Crippen LogP contribution in [0.2, 0.25) is 0 Å². The summed E-state index contributed by atoms with van der Waals surface area (Å²) in [7, 11) is 0. The van der Waals surface area contributed by atoms with E-state index in [9.17, 15) is 0 Å². The van der Waals surface area contributed by atoms with Crippen molar-refractivity contribution in [3.05, 3.63) is 0 Å². The molecule has 24 heavy (non-hydrogen) atoms. The lowest BCUT2D eigenvalue weighted by atomic mass is 9.79. The summed E-state index contributed by atoms with van der Waals surface area (Å²) in [5.41, 5.74) is -0.585.